The highest BCUT2D eigenvalue weighted by Crippen LogP contribution is 2.27. The van der Waals surface area contributed by atoms with Crippen molar-refractivity contribution in [1.29, 1.82) is 0 Å². The molecule has 2 aromatic carbocycles. The van der Waals surface area contributed by atoms with Crippen molar-refractivity contribution in [2.45, 2.75) is 17.6 Å². The van der Waals surface area contributed by atoms with Gasteiger partial charge in [0.1, 0.15) is 28.6 Å². The van der Waals surface area contributed by atoms with Gasteiger partial charge in [-0.25, -0.2) is 32.3 Å². The number of nitrogens with zero attached hydrogens (tertiary/aromatic N) is 3. The van der Waals surface area contributed by atoms with E-state index >= 15 is 0 Å². The van der Waals surface area contributed by atoms with E-state index in [0.717, 1.165) is 12.1 Å². The first-order chi connectivity index (χ1) is 16.9. The molecule has 0 amide bonds. The first-order valence-electron chi connectivity index (χ1n) is 10.2. The molecule has 0 aliphatic rings. The Hall–Kier alpha value is -3.91. The van der Waals surface area contributed by atoms with Crippen LogP contribution in [-0.2, 0) is 16.6 Å². The lowest BCUT2D eigenvalue weighted by molar-refractivity contribution is -0.115. The number of alkyl halides is 3. The molecule has 0 unspecified atom stereocenters. The third kappa shape index (κ3) is 6.01. The summed E-state index contributed by atoms with van der Waals surface area (Å²) in [5.41, 5.74) is 1.45. The fourth-order valence-corrected chi connectivity index (χ4v) is 3.89. The number of nitrogens with one attached hydrogen (secondary N) is 2. The predicted octanol–water partition coefficient (Wildman–Crippen LogP) is 4.20. The molecule has 36 heavy (non-hydrogen) atoms. The van der Waals surface area contributed by atoms with Crippen LogP contribution in [0.25, 0.3) is 22.3 Å². The maximum Gasteiger partial charge on any atom is 0.405 e. The van der Waals surface area contributed by atoms with Crippen molar-refractivity contribution < 1.29 is 30.4 Å². The summed E-state index contributed by atoms with van der Waals surface area (Å²) in [4.78, 5) is 12.0. The van der Waals surface area contributed by atoms with E-state index in [0.29, 0.717) is 16.8 Å². The number of pyridine rings is 1. The Morgan fingerprint density at radius 1 is 0.889 bits per heavy atom. The third-order valence-electron chi connectivity index (χ3n) is 4.89. The van der Waals surface area contributed by atoms with Crippen LogP contribution < -0.4 is 15.8 Å². The molecule has 4 aromatic rings. The van der Waals surface area contributed by atoms with Crippen molar-refractivity contribution in [3.8, 4) is 11.3 Å². The molecule has 0 fully saturated rings. The van der Waals surface area contributed by atoms with Gasteiger partial charge in [0.05, 0.1) is 11.2 Å². The van der Waals surface area contributed by atoms with Crippen molar-refractivity contribution in [2.75, 3.05) is 17.2 Å². The van der Waals surface area contributed by atoms with Gasteiger partial charge in [-0.05, 0) is 54.1 Å². The van der Waals surface area contributed by atoms with E-state index < -0.39 is 39.3 Å². The second-order valence-corrected chi connectivity index (χ2v) is 9.13. The average Bonchev–Trinajstić information content (AvgIpc) is 2.81. The van der Waals surface area contributed by atoms with Crippen LogP contribution in [0.4, 0.5) is 33.7 Å². The number of nitrogens with two attached hydrogens (primary N) is 1. The number of rotatable bonds is 7. The summed E-state index contributed by atoms with van der Waals surface area (Å²) in [7, 11) is -4.30. The van der Waals surface area contributed by atoms with Crippen molar-refractivity contribution >= 4 is 32.8 Å². The SMILES string of the molecule is NS(=O)(=O)c1cc(CNc2nc(NCC(F)(F)F)c3nc(-c4ccc(F)cc4)ccc3n2)ccc1F. The van der Waals surface area contributed by atoms with Crippen LogP contribution in [0.5, 0.6) is 0 Å². The van der Waals surface area contributed by atoms with Crippen LogP contribution in [0.1, 0.15) is 5.56 Å². The van der Waals surface area contributed by atoms with E-state index in [-0.39, 0.29) is 29.3 Å². The van der Waals surface area contributed by atoms with E-state index in [4.69, 9.17) is 5.14 Å². The number of benzene rings is 2. The highest BCUT2D eigenvalue weighted by Gasteiger charge is 2.27. The molecule has 4 rings (SSSR count). The number of hydrogen-bond acceptors (Lipinski definition) is 7. The predicted molar refractivity (Wildman–Crippen MR) is 122 cm³/mol. The van der Waals surface area contributed by atoms with Gasteiger partial charge >= 0.3 is 6.18 Å². The van der Waals surface area contributed by atoms with Gasteiger partial charge in [-0.2, -0.15) is 18.2 Å². The van der Waals surface area contributed by atoms with Gasteiger partial charge in [-0.15, -0.1) is 0 Å². The quantitative estimate of drug-likeness (QED) is 0.310. The molecule has 0 aliphatic carbocycles. The van der Waals surface area contributed by atoms with Crippen LogP contribution in [-0.4, -0.2) is 36.1 Å². The lowest BCUT2D eigenvalue weighted by Gasteiger charge is -2.14. The van der Waals surface area contributed by atoms with Crippen molar-refractivity contribution in [3.63, 3.8) is 0 Å². The van der Waals surface area contributed by atoms with Gasteiger partial charge in [0.2, 0.25) is 16.0 Å². The van der Waals surface area contributed by atoms with Gasteiger partial charge < -0.3 is 10.6 Å². The van der Waals surface area contributed by atoms with Gasteiger partial charge in [-0.3, -0.25) is 0 Å². The molecular weight excluding hydrogens is 507 g/mol. The van der Waals surface area contributed by atoms with E-state index in [1.807, 2.05) is 0 Å². The fourth-order valence-electron chi connectivity index (χ4n) is 3.24. The van der Waals surface area contributed by atoms with Crippen molar-refractivity contribution in [2.24, 2.45) is 5.14 Å². The zero-order chi connectivity index (χ0) is 26.1. The van der Waals surface area contributed by atoms with E-state index in [1.54, 1.807) is 6.07 Å². The minimum atomic E-state index is -4.54. The smallest absolute Gasteiger partial charge is 0.359 e. The molecule has 0 aliphatic heterocycles. The van der Waals surface area contributed by atoms with Crippen LogP contribution in [0.15, 0.2) is 59.5 Å². The van der Waals surface area contributed by atoms with Crippen LogP contribution in [0.2, 0.25) is 0 Å². The second kappa shape index (κ2) is 9.62. The minimum absolute atomic E-state index is 0.0462. The molecule has 14 heteroatoms. The maximum absolute atomic E-state index is 13.8. The number of anilines is 2. The second-order valence-electron chi connectivity index (χ2n) is 7.60. The van der Waals surface area contributed by atoms with Gasteiger partial charge in [-0.1, -0.05) is 6.07 Å². The number of sulfonamides is 1. The Balaban J connectivity index is 1.68. The highest BCUT2D eigenvalue weighted by molar-refractivity contribution is 7.89. The third-order valence-corrected chi connectivity index (χ3v) is 5.82. The zero-order valence-corrected chi connectivity index (χ0v) is 19.0. The van der Waals surface area contributed by atoms with Crippen LogP contribution >= 0.6 is 0 Å². The fraction of sp³-hybridized carbons (Fsp3) is 0.136. The normalized spacial score (nSPS) is 12.1. The standard InChI is InChI=1S/C22H17F5N6O2S/c23-14-4-2-13(3-5-14)16-7-8-17-19(31-16)20(30-11-22(25,26)27)33-21(32-17)29-10-12-1-6-15(24)18(9-12)36(28,34)35/h1-9H,10-11H2,(H2,28,34,35)(H2,29,30,32,33). The minimum Gasteiger partial charge on any atom is -0.359 e. The number of halogens is 5. The molecule has 2 heterocycles. The molecule has 0 saturated carbocycles. The molecule has 2 aromatic heterocycles. The molecular formula is C22H17F5N6O2S. The maximum atomic E-state index is 13.8. The summed E-state index contributed by atoms with van der Waals surface area (Å²) in [6.07, 6.45) is -4.54. The topological polar surface area (TPSA) is 123 Å². The number of fused-ring (bicyclic) bond motifs is 1. The number of hydrogen-bond donors (Lipinski definition) is 3. The van der Waals surface area contributed by atoms with E-state index in [9.17, 15) is 30.4 Å². The Labute approximate surface area is 201 Å². The Morgan fingerprint density at radius 3 is 2.28 bits per heavy atom. The average molecular weight is 524 g/mol. The molecule has 4 N–H and O–H groups in total. The molecule has 0 bridgehead atoms. The number of primary sulfonamides is 1. The summed E-state index contributed by atoms with van der Waals surface area (Å²) in [5, 5.41) is 9.98. The molecule has 0 atom stereocenters. The van der Waals surface area contributed by atoms with Crippen molar-refractivity contribution in [1.82, 2.24) is 15.0 Å². The van der Waals surface area contributed by atoms with Gasteiger partial charge in [0, 0.05) is 12.1 Å². The Morgan fingerprint density at radius 2 is 1.61 bits per heavy atom. The summed E-state index contributed by atoms with van der Waals surface area (Å²) in [6, 6.07) is 11.7. The molecule has 188 valence electrons. The Kier molecular flexibility index (Phi) is 6.73. The van der Waals surface area contributed by atoms with Crippen molar-refractivity contribution in [3.05, 3.63) is 71.8 Å². The Bertz CT molecular complexity index is 1530. The van der Waals surface area contributed by atoms with Gasteiger partial charge in [0.15, 0.2) is 5.82 Å². The lowest BCUT2D eigenvalue weighted by Crippen LogP contribution is -2.22. The summed E-state index contributed by atoms with van der Waals surface area (Å²) >= 11 is 0. The lowest BCUT2D eigenvalue weighted by atomic mass is 10.1. The first-order valence-corrected chi connectivity index (χ1v) is 11.7. The van der Waals surface area contributed by atoms with E-state index in [1.165, 1.54) is 36.4 Å². The van der Waals surface area contributed by atoms with Crippen LogP contribution in [0.3, 0.4) is 0 Å². The molecule has 0 saturated heterocycles. The van der Waals surface area contributed by atoms with Crippen LogP contribution in [0, 0.1) is 11.6 Å². The number of aromatic nitrogens is 3. The summed E-state index contributed by atoms with van der Waals surface area (Å²) in [5.74, 6) is -1.79. The monoisotopic (exact) mass is 524 g/mol. The first kappa shape index (κ1) is 25.2. The molecule has 8 nitrogen and oxygen atoms in total. The highest BCUT2D eigenvalue weighted by atomic mass is 32.2. The molecule has 0 radical (unpaired) electrons. The summed E-state index contributed by atoms with van der Waals surface area (Å²) in [6.45, 7) is -1.48. The van der Waals surface area contributed by atoms with E-state index in [2.05, 4.69) is 25.6 Å². The van der Waals surface area contributed by atoms with Gasteiger partial charge in [0.25, 0.3) is 0 Å². The largest absolute Gasteiger partial charge is 0.405 e. The molecule has 0 spiro atoms. The summed E-state index contributed by atoms with van der Waals surface area (Å²) < 4.78 is 88.8. The zero-order valence-electron chi connectivity index (χ0n) is 18.1.